The van der Waals surface area contributed by atoms with Crippen molar-refractivity contribution in [3.63, 3.8) is 0 Å². The molecule has 0 aliphatic rings. The van der Waals surface area contributed by atoms with Crippen molar-refractivity contribution in [1.82, 2.24) is 0 Å². The summed E-state index contributed by atoms with van der Waals surface area (Å²) in [5.41, 5.74) is 4.41. The number of hydrogen-bond acceptors (Lipinski definition) is 1. The molecule has 0 bridgehead atoms. The maximum atomic E-state index is 3.34. The number of rotatable bonds is 8. The number of unbranched alkanes of at least 4 members (excludes halogenated alkanes) is 3. The van der Waals surface area contributed by atoms with Crippen molar-refractivity contribution in [2.75, 3.05) is 12.4 Å². The van der Waals surface area contributed by atoms with E-state index < -0.39 is 0 Å². The highest BCUT2D eigenvalue weighted by molar-refractivity contribution is 5.54. The smallest absolute Gasteiger partial charge is 0.0372 e. The molecule has 1 aromatic carbocycles. The first-order valence-electron chi connectivity index (χ1n) is 7.12. The number of nitrogens with one attached hydrogen (secondary N) is 1. The third-order valence-electron chi connectivity index (χ3n) is 3.34. The van der Waals surface area contributed by atoms with Crippen molar-refractivity contribution in [2.24, 2.45) is 0 Å². The zero-order chi connectivity index (χ0) is 12.5. The third-order valence-corrected chi connectivity index (χ3v) is 3.34. The van der Waals surface area contributed by atoms with Gasteiger partial charge >= 0.3 is 0 Å². The summed E-state index contributed by atoms with van der Waals surface area (Å²) in [7, 11) is 2.03. The average Bonchev–Trinajstić information content (AvgIpc) is 2.36. The van der Waals surface area contributed by atoms with Gasteiger partial charge in [-0.3, -0.25) is 0 Å². The predicted molar refractivity (Wildman–Crippen MR) is 77.8 cm³/mol. The first kappa shape index (κ1) is 14.1. The lowest BCUT2D eigenvalue weighted by molar-refractivity contribution is 0.664. The summed E-state index contributed by atoms with van der Waals surface area (Å²) in [6, 6.07) is 6.67. The molecule has 0 aromatic heterocycles. The molecule has 1 rings (SSSR count). The van der Waals surface area contributed by atoms with Crippen LogP contribution in [0, 0.1) is 0 Å². The minimum Gasteiger partial charge on any atom is -0.388 e. The van der Waals surface area contributed by atoms with Crippen LogP contribution < -0.4 is 5.32 Å². The number of benzene rings is 1. The van der Waals surface area contributed by atoms with Crippen molar-refractivity contribution >= 4 is 5.69 Å². The monoisotopic (exact) mass is 233 g/mol. The largest absolute Gasteiger partial charge is 0.388 e. The Bertz CT molecular complexity index is 317. The number of aryl methyl sites for hydroxylation is 1. The summed E-state index contributed by atoms with van der Waals surface area (Å²) >= 11 is 0. The summed E-state index contributed by atoms with van der Waals surface area (Å²) in [4.78, 5) is 0. The first-order chi connectivity index (χ1) is 8.33. The van der Waals surface area contributed by atoms with Gasteiger partial charge in [0.05, 0.1) is 0 Å². The normalized spacial score (nSPS) is 10.5. The summed E-state index contributed by atoms with van der Waals surface area (Å²) in [5.74, 6) is 0. The van der Waals surface area contributed by atoms with E-state index in [1.807, 2.05) is 7.05 Å². The van der Waals surface area contributed by atoms with Gasteiger partial charge in [-0.1, -0.05) is 51.7 Å². The van der Waals surface area contributed by atoms with Gasteiger partial charge in [-0.05, 0) is 36.5 Å². The van der Waals surface area contributed by atoms with Gasteiger partial charge in [0.15, 0.2) is 0 Å². The molecule has 0 spiro atoms. The van der Waals surface area contributed by atoms with Gasteiger partial charge in [-0.25, -0.2) is 0 Å². The van der Waals surface area contributed by atoms with Gasteiger partial charge in [0.2, 0.25) is 0 Å². The van der Waals surface area contributed by atoms with Crippen LogP contribution in [0.4, 0.5) is 5.69 Å². The van der Waals surface area contributed by atoms with E-state index in [1.165, 1.54) is 56.2 Å². The van der Waals surface area contributed by atoms with Crippen molar-refractivity contribution in [1.29, 1.82) is 0 Å². The van der Waals surface area contributed by atoms with E-state index in [9.17, 15) is 0 Å². The Labute approximate surface area is 107 Å². The maximum absolute atomic E-state index is 3.34. The van der Waals surface area contributed by atoms with Gasteiger partial charge < -0.3 is 5.32 Å². The van der Waals surface area contributed by atoms with Crippen LogP contribution in [0.15, 0.2) is 18.2 Å². The molecule has 1 nitrogen and oxygen atoms in total. The lowest BCUT2D eigenvalue weighted by atomic mass is 9.96. The molecule has 0 atom stereocenters. The molecule has 1 N–H and O–H groups in total. The average molecular weight is 233 g/mol. The summed E-state index contributed by atoms with van der Waals surface area (Å²) in [6.45, 7) is 4.52. The lowest BCUT2D eigenvalue weighted by Gasteiger charge is -2.14. The third kappa shape index (κ3) is 4.41. The van der Waals surface area contributed by atoms with Gasteiger partial charge in [0, 0.05) is 12.7 Å². The van der Waals surface area contributed by atoms with E-state index in [1.54, 1.807) is 5.56 Å². The Morgan fingerprint density at radius 3 is 2.41 bits per heavy atom. The van der Waals surface area contributed by atoms with E-state index >= 15 is 0 Å². The second-order valence-electron chi connectivity index (χ2n) is 4.75. The molecule has 0 unspecified atom stereocenters. The first-order valence-corrected chi connectivity index (χ1v) is 7.12. The van der Waals surface area contributed by atoms with E-state index in [0.717, 1.165) is 0 Å². The molecule has 0 aliphatic carbocycles. The molecule has 0 saturated heterocycles. The van der Waals surface area contributed by atoms with Crippen LogP contribution >= 0.6 is 0 Å². The summed E-state index contributed by atoms with van der Waals surface area (Å²) in [6.07, 6.45) is 9.03. The van der Waals surface area contributed by atoms with E-state index in [0.29, 0.717) is 0 Å². The molecule has 17 heavy (non-hydrogen) atoms. The Morgan fingerprint density at radius 1 is 0.941 bits per heavy atom. The molecule has 0 heterocycles. The highest BCUT2D eigenvalue weighted by atomic mass is 14.8. The van der Waals surface area contributed by atoms with Crippen molar-refractivity contribution in [3.05, 3.63) is 29.3 Å². The van der Waals surface area contributed by atoms with Crippen LogP contribution in [0.2, 0.25) is 0 Å². The summed E-state index contributed by atoms with van der Waals surface area (Å²) < 4.78 is 0. The highest BCUT2D eigenvalue weighted by Gasteiger charge is 2.06. The molecule has 1 heteroatoms. The second kappa shape index (κ2) is 8.16. The van der Waals surface area contributed by atoms with Gasteiger partial charge in [-0.15, -0.1) is 0 Å². The van der Waals surface area contributed by atoms with Crippen LogP contribution in [0.3, 0.4) is 0 Å². The van der Waals surface area contributed by atoms with Crippen LogP contribution in [-0.2, 0) is 12.8 Å². The topological polar surface area (TPSA) is 12.0 Å². The van der Waals surface area contributed by atoms with Crippen LogP contribution in [-0.4, -0.2) is 7.05 Å². The molecule has 96 valence electrons. The Kier molecular flexibility index (Phi) is 6.76. The minimum absolute atomic E-state index is 1.21. The summed E-state index contributed by atoms with van der Waals surface area (Å²) in [5, 5.41) is 3.34. The van der Waals surface area contributed by atoms with E-state index in [4.69, 9.17) is 0 Å². The molecule has 0 aliphatic heterocycles. The minimum atomic E-state index is 1.21. The standard InChI is InChI=1S/C16H27N/c1-4-6-7-8-12-15-14(10-5-2)11-9-13-16(15)17-3/h9,11,13,17H,4-8,10,12H2,1-3H3. The molecule has 0 saturated carbocycles. The van der Waals surface area contributed by atoms with E-state index in [2.05, 4.69) is 37.4 Å². The molecular formula is C16H27N. The second-order valence-corrected chi connectivity index (χ2v) is 4.75. The maximum Gasteiger partial charge on any atom is 0.0372 e. The van der Waals surface area contributed by atoms with Gasteiger partial charge in [0.1, 0.15) is 0 Å². The van der Waals surface area contributed by atoms with Gasteiger partial charge in [0.25, 0.3) is 0 Å². The Hall–Kier alpha value is -0.980. The van der Waals surface area contributed by atoms with Gasteiger partial charge in [-0.2, -0.15) is 0 Å². The molecular weight excluding hydrogens is 206 g/mol. The van der Waals surface area contributed by atoms with Crippen LogP contribution in [0.1, 0.15) is 57.1 Å². The SMILES string of the molecule is CCCCCCc1c(CCC)cccc1NC. The fourth-order valence-electron chi connectivity index (χ4n) is 2.40. The van der Waals surface area contributed by atoms with Crippen LogP contribution in [0.25, 0.3) is 0 Å². The Morgan fingerprint density at radius 2 is 1.76 bits per heavy atom. The van der Waals surface area contributed by atoms with Crippen molar-refractivity contribution in [2.45, 2.75) is 58.8 Å². The highest BCUT2D eigenvalue weighted by Crippen LogP contribution is 2.23. The Balaban J connectivity index is 2.70. The lowest BCUT2D eigenvalue weighted by Crippen LogP contribution is -2.01. The fourth-order valence-corrected chi connectivity index (χ4v) is 2.40. The molecule has 0 radical (unpaired) electrons. The number of hydrogen-bond donors (Lipinski definition) is 1. The molecule has 0 fully saturated rings. The van der Waals surface area contributed by atoms with Crippen molar-refractivity contribution in [3.8, 4) is 0 Å². The quantitative estimate of drug-likeness (QED) is 0.636. The van der Waals surface area contributed by atoms with Crippen molar-refractivity contribution < 1.29 is 0 Å². The predicted octanol–water partition coefficient (Wildman–Crippen LogP) is 4.80. The zero-order valence-corrected chi connectivity index (χ0v) is 11.7. The number of anilines is 1. The van der Waals surface area contributed by atoms with E-state index in [-0.39, 0.29) is 0 Å². The molecule has 1 aromatic rings. The van der Waals surface area contributed by atoms with Crippen LogP contribution in [0.5, 0.6) is 0 Å². The fraction of sp³-hybridized carbons (Fsp3) is 0.625. The molecule has 0 amide bonds. The zero-order valence-electron chi connectivity index (χ0n) is 11.7.